The minimum Gasteiger partial charge on any atom is -0.324 e. The maximum atomic E-state index is 12.4. The average molecular weight is 330 g/mol. The van der Waals surface area contributed by atoms with Crippen molar-refractivity contribution in [3.63, 3.8) is 0 Å². The van der Waals surface area contributed by atoms with Gasteiger partial charge in [0.1, 0.15) is 0 Å². The number of hydrogen-bond donors (Lipinski definition) is 1. The van der Waals surface area contributed by atoms with Gasteiger partial charge in [-0.2, -0.15) is 0 Å². The zero-order chi connectivity index (χ0) is 17.1. The Labute approximate surface area is 148 Å². The lowest BCUT2D eigenvalue weighted by Gasteiger charge is -2.12. The van der Waals surface area contributed by atoms with Crippen LogP contribution in [0.5, 0.6) is 0 Å². The fraction of sp³-hybridized carbons (Fsp3) is 0.273. The SMILES string of the molecule is O=C(CC1CCCC1)Nc1cccc2ccc(-c3ccccc3)nc12. The van der Waals surface area contributed by atoms with Crippen LogP contribution in [-0.4, -0.2) is 10.9 Å². The van der Waals surface area contributed by atoms with Gasteiger partial charge in [0.15, 0.2) is 0 Å². The number of carbonyl (C=O) groups excluding carboxylic acids is 1. The van der Waals surface area contributed by atoms with Crippen molar-refractivity contribution in [1.29, 1.82) is 0 Å². The summed E-state index contributed by atoms with van der Waals surface area (Å²) in [7, 11) is 0. The first-order chi connectivity index (χ1) is 12.3. The van der Waals surface area contributed by atoms with Gasteiger partial charge in [0.25, 0.3) is 0 Å². The van der Waals surface area contributed by atoms with Crippen molar-refractivity contribution in [1.82, 2.24) is 4.98 Å². The molecule has 0 unspecified atom stereocenters. The fourth-order valence-electron chi connectivity index (χ4n) is 3.70. The first kappa shape index (κ1) is 15.8. The number of anilines is 1. The summed E-state index contributed by atoms with van der Waals surface area (Å²) >= 11 is 0. The molecule has 1 aliphatic rings. The number of nitrogens with one attached hydrogen (secondary N) is 1. The molecule has 0 bridgehead atoms. The smallest absolute Gasteiger partial charge is 0.224 e. The van der Waals surface area contributed by atoms with Gasteiger partial charge in [-0.15, -0.1) is 0 Å². The molecule has 1 aromatic heterocycles. The molecule has 0 spiro atoms. The molecular formula is C22H22N2O. The average Bonchev–Trinajstić information content (AvgIpc) is 3.15. The Balaban J connectivity index is 1.62. The van der Waals surface area contributed by atoms with E-state index in [-0.39, 0.29) is 5.91 Å². The summed E-state index contributed by atoms with van der Waals surface area (Å²) < 4.78 is 0. The maximum Gasteiger partial charge on any atom is 0.224 e. The molecule has 0 radical (unpaired) electrons. The predicted molar refractivity (Wildman–Crippen MR) is 102 cm³/mol. The van der Waals surface area contributed by atoms with E-state index in [0.29, 0.717) is 12.3 Å². The van der Waals surface area contributed by atoms with Crippen molar-refractivity contribution in [3.8, 4) is 11.3 Å². The van der Waals surface area contributed by atoms with Crippen LogP contribution in [-0.2, 0) is 4.79 Å². The van der Waals surface area contributed by atoms with Crippen molar-refractivity contribution in [3.05, 3.63) is 60.7 Å². The number of aromatic nitrogens is 1. The highest BCUT2D eigenvalue weighted by Gasteiger charge is 2.19. The molecule has 3 nitrogen and oxygen atoms in total. The zero-order valence-corrected chi connectivity index (χ0v) is 14.2. The summed E-state index contributed by atoms with van der Waals surface area (Å²) in [4.78, 5) is 17.2. The van der Waals surface area contributed by atoms with Crippen molar-refractivity contribution in [2.75, 3.05) is 5.32 Å². The minimum atomic E-state index is 0.103. The van der Waals surface area contributed by atoms with Crippen molar-refractivity contribution >= 4 is 22.5 Å². The van der Waals surface area contributed by atoms with Crippen LogP contribution in [0.15, 0.2) is 60.7 Å². The van der Waals surface area contributed by atoms with E-state index in [1.165, 1.54) is 25.7 Å². The Hall–Kier alpha value is -2.68. The van der Waals surface area contributed by atoms with E-state index in [1.54, 1.807) is 0 Å². The highest BCUT2D eigenvalue weighted by atomic mass is 16.1. The van der Waals surface area contributed by atoms with Gasteiger partial charge in [0, 0.05) is 17.4 Å². The molecule has 0 saturated heterocycles. The molecule has 25 heavy (non-hydrogen) atoms. The Morgan fingerprint density at radius 2 is 1.76 bits per heavy atom. The second-order valence-corrected chi connectivity index (χ2v) is 6.84. The van der Waals surface area contributed by atoms with Crippen LogP contribution in [0, 0.1) is 5.92 Å². The van der Waals surface area contributed by atoms with Gasteiger partial charge in [-0.1, -0.05) is 61.4 Å². The largest absolute Gasteiger partial charge is 0.324 e. The van der Waals surface area contributed by atoms with Gasteiger partial charge >= 0.3 is 0 Å². The summed E-state index contributed by atoms with van der Waals surface area (Å²) in [6, 6.07) is 20.2. The molecule has 1 aliphatic carbocycles. The Bertz CT molecular complexity index is 883. The van der Waals surface area contributed by atoms with Gasteiger partial charge in [0.2, 0.25) is 5.91 Å². The molecule has 1 fully saturated rings. The second-order valence-electron chi connectivity index (χ2n) is 6.84. The number of amides is 1. The van der Waals surface area contributed by atoms with Crippen LogP contribution in [0.1, 0.15) is 32.1 Å². The van der Waals surface area contributed by atoms with E-state index < -0.39 is 0 Å². The molecule has 3 heteroatoms. The van der Waals surface area contributed by atoms with E-state index in [0.717, 1.165) is 27.8 Å². The van der Waals surface area contributed by atoms with E-state index in [9.17, 15) is 4.79 Å². The van der Waals surface area contributed by atoms with E-state index in [2.05, 4.69) is 23.5 Å². The van der Waals surface area contributed by atoms with Gasteiger partial charge in [-0.25, -0.2) is 4.98 Å². The molecule has 4 rings (SSSR count). The summed E-state index contributed by atoms with van der Waals surface area (Å²) in [5.41, 5.74) is 3.66. The Morgan fingerprint density at radius 3 is 2.56 bits per heavy atom. The quantitative estimate of drug-likeness (QED) is 0.694. The monoisotopic (exact) mass is 330 g/mol. The molecule has 1 amide bonds. The van der Waals surface area contributed by atoms with Crippen molar-refractivity contribution in [2.24, 2.45) is 5.92 Å². The Kier molecular flexibility index (Phi) is 4.47. The van der Waals surface area contributed by atoms with Crippen molar-refractivity contribution in [2.45, 2.75) is 32.1 Å². The highest BCUT2D eigenvalue weighted by Crippen LogP contribution is 2.29. The first-order valence-corrected chi connectivity index (χ1v) is 9.05. The minimum absolute atomic E-state index is 0.103. The molecule has 3 aromatic rings. The second kappa shape index (κ2) is 7.06. The predicted octanol–water partition coefficient (Wildman–Crippen LogP) is 5.42. The Morgan fingerprint density at radius 1 is 0.960 bits per heavy atom. The molecule has 1 heterocycles. The van der Waals surface area contributed by atoms with Crippen LogP contribution in [0.3, 0.4) is 0 Å². The van der Waals surface area contributed by atoms with Crippen LogP contribution >= 0.6 is 0 Å². The zero-order valence-electron chi connectivity index (χ0n) is 14.2. The number of carbonyl (C=O) groups is 1. The summed E-state index contributed by atoms with van der Waals surface area (Å²) in [5.74, 6) is 0.647. The van der Waals surface area contributed by atoms with Crippen LogP contribution < -0.4 is 5.32 Å². The standard InChI is InChI=1S/C22H22N2O/c25-21(15-16-7-4-5-8-16)23-20-12-6-11-18-13-14-19(24-22(18)20)17-9-2-1-3-10-17/h1-3,6,9-14,16H,4-5,7-8,15H2,(H,23,25). The molecule has 0 atom stereocenters. The third kappa shape index (κ3) is 3.55. The molecule has 126 valence electrons. The van der Waals surface area contributed by atoms with Gasteiger partial charge in [-0.3, -0.25) is 4.79 Å². The number of benzene rings is 2. The fourth-order valence-corrected chi connectivity index (χ4v) is 3.70. The third-order valence-electron chi connectivity index (χ3n) is 5.01. The van der Waals surface area contributed by atoms with Crippen LogP contribution in [0.4, 0.5) is 5.69 Å². The number of rotatable bonds is 4. The van der Waals surface area contributed by atoms with Gasteiger partial charge in [0.05, 0.1) is 16.9 Å². The van der Waals surface area contributed by atoms with E-state index in [4.69, 9.17) is 4.98 Å². The lowest BCUT2D eigenvalue weighted by Crippen LogP contribution is -2.15. The molecule has 1 saturated carbocycles. The van der Waals surface area contributed by atoms with E-state index >= 15 is 0 Å². The lowest BCUT2D eigenvalue weighted by atomic mass is 10.0. The topological polar surface area (TPSA) is 42.0 Å². The van der Waals surface area contributed by atoms with E-state index in [1.807, 2.05) is 42.5 Å². The third-order valence-corrected chi connectivity index (χ3v) is 5.01. The maximum absolute atomic E-state index is 12.4. The summed E-state index contributed by atoms with van der Waals surface area (Å²) in [6.07, 6.45) is 5.50. The van der Waals surface area contributed by atoms with Gasteiger partial charge < -0.3 is 5.32 Å². The molecule has 0 aliphatic heterocycles. The molecule has 1 N–H and O–H groups in total. The summed E-state index contributed by atoms with van der Waals surface area (Å²) in [6.45, 7) is 0. The van der Waals surface area contributed by atoms with Crippen molar-refractivity contribution < 1.29 is 4.79 Å². The molecule has 2 aromatic carbocycles. The number of pyridine rings is 1. The number of fused-ring (bicyclic) bond motifs is 1. The lowest BCUT2D eigenvalue weighted by molar-refractivity contribution is -0.117. The number of para-hydroxylation sites is 1. The summed E-state index contributed by atoms with van der Waals surface area (Å²) in [5, 5.41) is 4.13. The molecular weight excluding hydrogens is 308 g/mol. The normalized spacial score (nSPS) is 14.7. The van der Waals surface area contributed by atoms with Crippen LogP contribution in [0.2, 0.25) is 0 Å². The number of hydrogen-bond acceptors (Lipinski definition) is 2. The number of nitrogens with zero attached hydrogens (tertiary/aromatic N) is 1. The van der Waals surface area contributed by atoms with Crippen LogP contribution in [0.25, 0.3) is 22.2 Å². The highest BCUT2D eigenvalue weighted by molar-refractivity contribution is 6.00. The van der Waals surface area contributed by atoms with Gasteiger partial charge in [-0.05, 0) is 30.9 Å². The first-order valence-electron chi connectivity index (χ1n) is 9.05.